The summed E-state index contributed by atoms with van der Waals surface area (Å²) >= 11 is 1.83. The van der Waals surface area contributed by atoms with Crippen LogP contribution in [0.5, 0.6) is 0 Å². The van der Waals surface area contributed by atoms with Crippen molar-refractivity contribution in [3.05, 3.63) is 22.4 Å². The van der Waals surface area contributed by atoms with E-state index >= 15 is 0 Å². The number of nitrogens with one attached hydrogen (secondary N) is 1. The van der Waals surface area contributed by atoms with E-state index in [1.807, 2.05) is 11.3 Å². The van der Waals surface area contributed by atoms with Crippen molar-refractivity contribution in [2.75, 3.05) is 6.54 Å². The second-order valence-electron chi connectivity index (χ2n) is 3.60. The summed E-state index contributed by atoms with van der Waals surface area (Å²) in [6.07, 6.45) is 2.62. The van der Waals surface area contributed by atoms with Gasteiger partial charge >= 0.3 is 0 Å². The predicted molar refractivity (Wildman–Crippen MR) is 60.1 cm³/mol. The van der Waals surface area contributed by atoms with Gasteiger partial charge in [-0.2, -0.15) is 0 Å². The van der Waals surface area contributed by atoms with Crippen LogP contribution < -0.4 is 5.32 Å². The molecule has 0 saturated heterocycles. The lowest BCUT2D eigenvalue weighted by atomic mass is 10.1. The molecule has 0 radical (unpaired) electrons. The van der Waals surface area contributed by atoms with Gasteiger partial charge in [0.1, 0.15) is 0 Å². The van der Waals surface area contributed by atoms with Gasteiger partial charge in [-0.05, 0) is 30.3 Å². The molecule has 0 aliphatic rings. The van der Waals surface area contributed by atoms with Crippen LogP contribution in [0.1, 0.15) is 31.6 Å². The van der Waals surface area contributed by atoms with Crippen molar-refractivity contribution in [3.63, 3.8) is 0 Å². The number of rotatable bonds is 6. The molecular weight excluding hydrogens is 178 g/mol. The highest BCUT2D eigenvalue weighted by Crippen LogP contribution is 2.08. The quantitative estimate of drug-likeness (QED) is 0.738. The molecule has 0 fully saturated rings. The van der Waals surface area contributed by atoms with Crippen LogP contribution in [0.3, 0.4) is 0 Å². The Hall–Kier alpha value is -0.340. The summed E-state index contributed by atoms with van der Waals surface area (Å²) in [7, 11) is 0. The maximum Gasteiger partial charge on any atom is 0.0299 e. The summed E-state index contributed by atoms with van der Waals surface area (Å²) in [5.74, 6) is 0.810. The number of hydrogen-bond acceptors (Lipinski definition) is 2. The lowest BCUT2D eigenvalue weighted by molar-refractivity contribution is 0.477. The van der Waals surface area contributed by atoms with Crippen molar-refractivity contribution in [3.8, 4) is 0 Å². The van der Waals surface area contributed by atoms with E-state index in [0.717, 1.165) is 19.0 Å². The average Bonchev–Trinajstić information content (AvgIpc) is 2.57. The summed E-state index contributed by atoms with van der Waals surface area (Å²) in [6, 6.07) is 4.29. The highest BCUT2D eigenvalue weighted by atomic mass is 32.1. The van der Waals surface area contributed by atoms with E-state index < -0.39 is 0 Å². The third kappa shape index (κ3) is 4.44. The Bertz CT molecular complexity index is 206. The van der Waals surface area contributed by atoms with Gasteiger partial charge in [0.05, 0.1) is 0 Å². The lowest BCUT2D eigenvalue weighted by Crippen LogP contribution is -2.20. The molecule has 1 rings (SSSR count). The van der Waals surface area contributed by atoms with Gasteiger partial charge in [0, 0.05) is 11.4 Å². The third-order valence-corrected chi connectivity index (χ3v) is 3.03. The predicted octanol–water partition coefficient (Wildman–Crippen LogP) is 3.27. The molecule has 0 aliphatic carbocycles. The Balaban J connectivity index is 2.07. The zero-order valence-electron chi connectivity index (χ0n) is 8.55. The Kier molecular flexibility index (Phi) is 5.09. The molecule has 1 aromatic rings. The van der Waals surface area contributed by atoms with Gasteiger partial charge in [0.2, 0.25) is 0 Å². The lowest BCUT2D eigenvalue weighted by Gasteiger charge is -2.10. The first-order chi connectivity index (χ1) is 6.33. The molecule has 0 aliphatic heterocycles. The Morgan fingerprint density at radius 2 is 2.38 bits per heavy atom. The van der Waals surface area contributed by atoms with E-state index in [1.54, 1.807) is 0 Å². The second-order valence-corrected chi connectivity index (χ2v) is 4.64. The van der Waals surface area contributed by atoms with Crippen molar-refractivity contribution < 1.29 is 0 Å². The van der Waals surface area contributed by atoms with Crippen LogP contribution >= 0.6 is 11.3 Å². The summed E-state index contributed by atoms with van der Waals surface area (Å²) in [5, 5.41) is 5.61. The standard InChI is InChI=1S/C11H19NS/c1-3-5-10(2)8-12-9-11-6-4-7-13-11/h4,6-7,10,12H,3,5,8-9H2,1-2H3/t10-/m0/s1. The van der Waals surface area contributed by atoms with Crippen LogP contribution in [-0.2, 0) is 6.54 Å². The average molecular weight is 197 g/mol. The first kappa shape index (κ1) is 10.7. The molecule has 1 N–H and O–H groups in total. The van der Waals surface area contributed by atoms with Crippen LogP contribution in [0.25, 0.3) is 0 Å². The minimum Gasteiger partial charge on any atom is -0.312 e. The van der Waals surface area contributed by atoms with Crippen LogP contribution in [0, 0.1) is 5.92 Å². The van der Waals surface area contributed by atoms with E-state index in [0.29, 0.717) is 0 Å². The number of thiophene rings is 1. The van der Waals surface area contributed by atoms with Gasteiger partial charge in [-0.15, -0.1) is 11.3 Å². The smallest absolute Gasteiger partial charge is 0.0299 e. The molecule has 13 heavy (non-hydrogen) atoms. The Morgan fingerprint density at radius 1 is 1.54 bits per heavy atom. The van der Waals surface area contributed by atoms with Crippen molar-refractivity contribution in [2.24, 2.45) is 5.92 Å². The van der Waals surface area contributed by atoms with Gasteiger partial charge in [-0.1, -0.05) is 26.3 Å². The SMILES string of the molecule is CCC[C@H](C)CNCc1cccs1. The first-order valence-corrected chi connectivity index (χ1v) is 5.94. The molecule has 0 aromatic carbocycles. The van der Waals surface area contributed by atoms with E-state index in [4.69, 9.17) is 0 Å². The molecule has 1 aromatic heterocycles. The maximum atomic E-state index is 3.48. The van der Waals surface area contributed by atoms with Gasteiger partial charge in [-0.3, -0.25) is 0 Å². The van der Waals surface area contributed by atoms with Crippen LogP contribution in [-0.4, -0.2) is 6.54 Å². The topological polar surface area (TPSA) is 12.0 Å². The summed E-state index contributed by atoms with van der Waals surface area (Å²) in [5.41, 5.74) is 0. The molecular formula is C11H19NS. The highest BCUT2D eigenvalue weighted by molar-refractivity contribution is 7.09. The second kappa shape index (κ2) is 6.17. The molecule has 0 bridgehead atoms. The summed E-state index contributed by atoms with van der Waals surface area (Å²) in [4.78, 5) is 1.43. The zero-order valence-corrected chi connectivity index (χ0v) is 9.36. The van der Waals surface area contributed by atoms with E-state index in [-0.39, 0.29) is 0 Å². The monoisotopic (exact) mass is 197 g/mol. The van der Waals surface area contributed by atoms with Crippen molar-refractivity contribution >= 4 is 11.3 Å². The number of hydrogen-bond donors (Lipinski definition) is 1. The molecule has 1 nitrogen and oxygen atoms in total. The largest absolute Gasteiger partial charge is 0.312 e. The molecule has 1 atom stereocenters. The Morgan fingerprint density at radius 3 is 3.00 bits per heavy atom. The zero-order chi connectivity index (χ0) is 9.52. The Labute approximate surface area is 85.2 Å². The van der Waals surface area contributed by atoms with Gasteiger partial charge < -0.3 is 5.32 Å². The molecule has 0 amide bonds. The molecule has 2 heteroatoms. The minimum atomic E-state index is 0.810. The maximum absolute atomic E-state index is 3.48. The minimum absolute atomic E-state index is 0.810. The van der Waals surface area contributed by atoms with Crippen molar-refractivity contribution in [1.29, 1.82) is 0 Å². The fraction of sp³-hybridized carbons (Fsp3) is 0.636. The molecule has 0 saturated carbocycles. The van der Waals surface area contributed by atoms with Crippen LogP contribution in [0.15, 0.2) is 17.5 Å². The molecule has 74 valence electrons. The molecule has 1 heterocycles. The van der Waals surface area contributed by atoms with Gasteiger partial charge in [-0.25, -0.2) is 0 Å². The van der Waals surface area contributed by atoms with Crippen molar-refractivity contribution in [2.45, 2.75) is 33.2 Å². The van der Waals surface area contributed by atoms with Gasteiger partial charge in [0.15, 0.2) is 0 Å². The molecule has 0 unspecified atom stereocenters. The summed E-state index contributed by atoms with van der Waals surface area (Å²) < 4.78 is 0. The van der Waals surface area contributed by atoms with Crippen LogP contribution in [0.4, 0.5) is 0 Å². The summed E-state index contributed by atoms with van der Waals surface area (Å²) in [6.45, 7) is 6.73. The normalized spacial score (nSPS) is 13.1. The van der Waals surface area contributed by atoms with Crippen molar-refractivity contribution in [1.82, 2.24) is 5.32 Å². The fourth-order valence-corrected chi connectivity index (χ4v) is 2.12. The van der Waals surface area contributed by atoms with Crippen LogP contribution in [0.2, 0.25) is 0 Å². The fourth-order valence-electron chi connectivity index (χ4n) is 1.45. The van der Waals surface area contributed by atoms with E-state index in [2.05, 4.69) is 36.7 Å². The first-order valence-electron chi connectivity index (χ1n) is 5.06. The highest BCUT2D eigenvalue weighted by Gasteiger charge is 1.99. The van der Waals surface area contributed by atoms with E-state index in [1.165, 1.54) is 17.7 Å². The van der Waals surface area contributed by atoms with Gasteiger partial charge in [0.25, 0.3) is 0 Å². The third-order valence-electron chi connectivity index (χ3n) is 2.15. The molecule has 0 spiro atoms. The van der Waals surface area contributed by atoms with E-state index in [9.17, 15) is 0 Å².